The van der Waals surface area contributed by atoms with Gasteiger partial charge in [0.1, 0.15) is 0 Å². The molecule has 0 amide bonds. The number of aromatic amines is 1. The van der Waals surface area contributed by atoms with Gasteiger partial charge in [-0.2, -0.15) is 0 Å². The molecule has 11 heavy (non-hydrogen) atoms. The van der Waals surface area contributed by atoms with Crippen LogP contribution in [0.5, 0.6) is 0 Å². The third-order valence-corrected chi connectivity index (χ3v) is 2.10. The first-order valence-corrected chi connectivity index (χ1v) is 3.84. The predicted molar refractivity (Wildman–Crippen MR) is 43.0 cm³/mol. The summed E-state index contributed by atoms with van der Waals surface area (Å²) in [6, 6.07) is 0.269. The summed E-state index contributed by atoms with van der Waals surface area (Å²) >= 11 is 0. The lowest BCUT2D eigenvalue weighted by Crippen LogP contribution is -2.27. The number of rotatable bonds is 0. The van der Waals surface area contributed by atoms with Crippen molar-refractivity contribution in [2.45, 2.75) is 25.3 Å². The van der Waals surface area contributed by atoms with Gasteiger partial charge in [0.25, 0.3) is 0 Å². The average molecular weight is 152 g/mol. The molecule has 0 bridgehead atoms. The number of hydrogen-bond acceptors (Lipinski definition) is 3. The van der Waals surface area contributed by atoms with Crippen LogP contribution in [0.15, 0.2) is 0 Å². The molecular formula is C7H12N4. The molecule has 0 saturated heterocycles. The zero-order valence-electron chi connectivity index (χ0n) is 6.30. The van der Waals surface area contributed by atoms with Crippen molar-refractivity contribution < 1.29 is 0 Å². The fraction of sp³-hybridized carbons (Fsp3) is 0.571. The second-order valence-electron chi connectivity index (χ2n) is 3.05. The smallest absolute Gasteiger partial charge is 0.197 e. The van der Waals surface area contributed by atoms with E-state index in [0.29, 0.717) is 5.95 Å². The molecule has 1 unspecified atom stereocenters. The van der Waals surface area contributed by atoms with Crippen LogP contribution in [-0.4, -0.2) is 16.0 Å². The van der Waals surface area contributed by atoms with E-state index in [9.17, 15) is 0 Å². The van der Waals surface area contributed by atoms with Crippen molar-refractivity contribution in [3.05, 3.63) is 11.4 Å². The predicted octanol–water partition coefficient (Wildman–Crippen LogP) is -0.192. The maximum atomic E-state index is 5.76. The number of nitrogen functional groups attached to an aromatic ring is 1. The molecular weight excluding hydrogens is 140 g/mol. The number of anilines is 1. The summed E-state index contributed by atoms with van der Waals surface area (Å²) in [6.07, 6.45) is 2.89. The molecule has 5 N–H and O–H groups in total. The molecule has 60 valence electrons. The minimum atomic E-state index is 0.269. The normalized spacial score (nSPS) is 23.2. The fourth-order valence-electron chi connectivity index (χ4n) is 1.52. The van der Waals surface area contributed by atoms with Crippen LogP contribution in [0.4, 0.5) is 5.95 Å². The van der Waals surface area contributed by atoms with Gasteiger partial charge in [-0.25, -0.2) is 4.98 Å². The van der Waals surface area contributed by atoms with Crippen LogP contribution in [0.25, 0.3) is 0 Å². The van der Waals surface area contributed by atoms with Gasteiger partial charge < -0.3 is 16.5 Å². The van der Waals surface area contributed by atoms with E-state index in [1.807, 2.05) is 0 Å². The number of aryl methyl sites for hydroxylation is 1. The van der Waals surface area contributed by atoms with Crippen LogP contribution in [0.3, 0.4) is 0 Å². The zero-order chi connectivity index (χ0) is 7.84. The molecule has 2 rings (SSSR count). The van der Waals surface area contributed by atoms with Gasteiger partial charge >= 0.3 is 0 Å². The summed E-state index contributed by atoms with van der Waals surface area (Å²) in [4.78, 5) is 7.17. The van der Waals surface area contributed by atoms with Crippen molar-refractivity contribution in [1.82, 2.24) is 9.97 Å². The van der Waals surface area contributed by atoms with Gasteiger partial charge in [0.2, 0.25) is 0 Å². The van der Waals surface area contributed by atoms with Gasteiger partial charge in [-0.1, -0.05) is 0 Å². The number of nitrogens with one attached hydrogen (secondary N) is 1. The van der Waals surface area contributed by atoms with Crippen LogP contribution in [0.2, 0.25) is 0 Å². The summed E-state index contributed by atoms with van der Waals surface area (Å²) < 4.78 is 0. The van der Waals surface area contributed by atoms with Crippen LogP contribution in [-0.2, 0) is 12.8 Å². The molecule has 0 aliphatic heterocycles. The second kappa shape index (κ2) is 2.23. The molecule has 4 nitrogen and oxygen atoms in total. The van der Waals surface area contributed by atoms with E-state index in [-0.39, 0.29) is 6.04 Å². The Bertz CT molecular complexity index is 265. The van der Waals surface area contributed by atoms with E-state index in [2.05, 4.69) is 9.97 Å². The summed E-state index contributed by atoms with van der Waals surface area (Å²) in [6.45, 7) is 0. The largest absolute Gasteiger partial charge is 0.369 e. The standard InChI is InChI=1S/C7H12N4/c8-4-1-2-5-6(3-4)11-7(9)10-5/h4H,1-3,8H2,(H3,9,10,11). The number of fused-ring (bicyclic) bond motifs is 1. The minimum Gasteiger partial charge on any atom is -0.369 e. The molecule has 1 heterocycles. The van der Waals surface area contributed by atoms with E-state index in [1.54, 1.807) is 0 Å². The molecule has 1 aromatic heterocycles. The van der Waals surface area contributed by atoms with Crippen molar-refractivity contribution in [2.24, 2.45) is 5.73 Å². The van der Waals surface area contributed by atoms with Gasteiger partial charge in [0.05, 0.1) is 5.69 Å². The summed E-state index contributed by atoms with van der Waals surface area (Å²) in [5, 5.41) is 0. The highest BCUT2D eigenvalue weighted by atomic mass is 15.0. The van der Waals surface area contributed by atoms with E-state index in [0.717, 1.165) is 25.0 Å². The number of H-pyrrole nitrogens is 1. The van der Waals surface area contributed by atoms with E-state index in [1.165, 1.54) is 5.69 Å². The molecule has 4 heteroatoms. The van der Waals surface area contributed by atoms with Crippen molar-refractivity contribution in [1.29, 1.82) is 0 Å². The summed E-state index contributed by atoms with van der Waals surface area (Å²) in [5.41, 5.74) is 13.5. The maximum Gasteiger partial charge on any atom is 0.197 e. The Morgan fingerprint density at radius 2 is 2.36 bits per heavy atom. The topological polar surface area (TPSA) is 80.7 Å². The lowest BCUT2D eigenvalue weighted by atomic mass is 9.97. The van der Waals surface area contributed by atoms with Gasteiger partial charge in [0.15, 0.2) is 5.95 Å². The lowest BCUT2D eigenvalue weighted by molar-refractivity contribution is 0.565. The molecule has 1 aliphatic rings. The molecule has 1 aromatic rings. The number of hydrogen-bond donors (Lipinski definition) is 3. The van der Waals surface area contributed by atoms with Gasteiger partial charge in [-0.3, -0.25) is 0 Å². The van der Waals surface area contributed by atoms with E-state index < -0.39 is 0 Å². The van der Waals surface area contributed by atoms with Gasteiger partial charge in [-0.15, -0.1) is 0 Å². The van der Waals surface area contributed by atoms with Gasteiger partial charge in [0, 0.05) is 18.2 Å². The highest BCUT2D eigenvalue weighted by Crippen LogP contribution is 2.18. The Morgan fingerprint density at radius 1 is 1.55 bits per heavy atom. The zero-order valence-corrected chi connectivity index (χ0v) is 6.30. The Morgan fingerprint density at radius 3 is 3.18 bits per heavy atom. The van der Waals surface area contributed by atoms with Gasteiger partial charge in [-0.05, 0) is 12.8 Å². The first-order chi connectivity index (χ1) is 5.25. The van der Waals surface area contributed by atoms with Crippen molar-refractivity contribution in [3.63, 3.8) is 0 Å². The lowest BCUT2D eigenvalue weighted by Gasteiger charge is -2.15. The first-order valence-electron chi connectivity index (χ1n) is 3.84. The van der Waals surface area contributed by atoms with Crippen molar-refractivity contribution in [3.8, 4) is 0 Å². The molecule has 0 spiro atoms. The quantitative estimate of drug-likeness (QED) is 0.482. The van der Waals surface area contributed by atoms with Crippen LogP contribution >= 0.6 is 0 Å². The summed E-state index contributed by atoms with van der Waals surface area (Å²) in [5.74, 6) is 0.518. The minimum absolute atomic E-state index is 0.269. The number of imidazole rings is 1. The van der Waals surface area contributed by atoms with Crippen LogP contribution in [0.1, 0.15) is 17.8 Å². The monoisotopic (exact) mass is 152 g/mol. The second-order valence-corrected chi connectivity index (χ2v) is 3.05. The fourth-order valence-corrected chi connectivity index (χ4v) is 1.52. The Labute approximate surface area is 65.0 Å². The average Bonchev–Trinajstić information content (AvgIpc) is 2.27. The van der Waals surface area contributed by atoms with E-state index >= 15 is 0 Å². The Kier molecular flexibility index (Phi) is 1.35. The highest BCUT2D eigenvalue weighted by molar-refractivity contribution is 5.28. The van der Waals surface area contributed by atoms with Crippen molar-refractivity contribution in [2.75, 3.05) is 5.73 Å². The number of nitrogens with two attached hydrogens (primary N) is 2. The first kappa shape index (κ1) is 6.67. The molecule has 0 saturated carbocycles. The highest BCUT2D eigenvalue weighted by Gasteiger charge is 2.18. The Balaban J connectivity index is 2.34. The molecule has 0 aromatic carbocycles. The number of aromatic nitrogens is 2. The molecule has 0 fully saturated rings. The molecule has 0 radical (unpaired) electrons. The van der Waals surface area contributed by atoms with Crippen LogP contribution < -0.4 is 11.5 Å². The third-order valence-electron chi connectivity index (χ3n) is 2.10. The number of nitrogens with zero attached hydrogens (tertiary/aromatic N) is 1. The summed E-state index contributed by atoms with van der Waals surface area (Å²) in [7, 11) is 0. The molecule has 1 atom stereocenters. The molecule has 1 aliphatic carbocycles. The Hall–Kier alpha value is -1.03. The van der Waals surface area contributed by atoms with Crippen molar-refractivity contribution >= 4 is 5.95 Å². The maximum absolute atomic E-state index is 5.76. The third kappa shape index (κ3) is 1.09. The van der Waals surface area contributed by atoms with Crippen LogP contribution in [0, 0.1) is 0 Å². The SMILES string of the molecule is Nc1nc2c([nH]1)CCC(N)C2. The van der Waals surface area contributed by atoms with E-state index in [4.69, 9.17) is 11.5 Å².